The molecule has 3 aromatic rings. The Bertz CT molecular complexity index is 555. The molecule has 0 spiro atoms. The van der Waals surface area contributed by atoms with Gasteiger partial charge in [-0.3, -0.25) is 9.98 Å². The first-order chi connectivity index (χ1) is 10.5. The topological polar surface area (TPSA) is 34.5 Å². The number of aliphatic imine (C=N–C) groups is 1. The highest BCUT2D eigenvalue weighted by Gasteiger charge is 1.86. The van der Waals surface area contributed by atoms with Crippen LogP contribution in [0.5, 0.6) is 0 Å². The van der Waals surface area contributed by atoms with E-state index in [4.69, 9.17) is 0 Å². The van der Waals surface area contributed by atoms with Crippen molar-refractivity contribution in [2.45, 2.75) is 0 Å². The van der Waals surface area contributed by atoms with E-state index in [1.807, 2.05) is 66.9 Å². The Kier molecular flexibility index (Phi) is 6.49. The highest BCUT2D eigenvalue weighted by atomic mass is 16.5. The second kappa shape index (κ2) is 9.26. The lowest BCUT2D eigenvalue weighted by Gasteiger charge is -1.91. The number of hydrogen-bond acceptors (Lipinski definition) is 3. The van der Waals surface area contributed by atoms with Crippen LogP contribution in [0.3, 0.4) is 0 Å². The Balaban J connectivity index is 0.000000126. The summed E-state index contributed by atoms with van der Waals surface area (Å²) in [5.74, 6) is 0. The first-order valence-electron chi connectivity index (χ1n) is 6.86. The van der Waals surface area contributed by atoms with E-state index >= 15 is 0 Å². The molecule has 4 rings (SSSR count). The smallest absolute Gasteiger partial charge is 0.169 e. The molecule has 0 amide bonds. The second-order valence-electron chi connectivity index (χ2n) is 4.23. The predicted molar refractivity (Wildman–Crippen MR) is 87.5 cm³/mol. The van der Waals surface area contributed by atoms with Gasteiger partial charge in [0.25, 0.3) is 0 Å². The van der Waals surface area contributed by atoms with Crippen LogP contribution >= 0.6 is 0 Å². The van der Waals surface area contributed by atoms with E-state index < -0.39 is 0 Å². The molecule has 0 N–H and O–H groups in total. The van der Waals surface area contributed by atoms with Crippen molar-refractivity contribution in [3.8, 4) is 0 Å². The molecular weight excluding hydrogens is 260 g/mol. The quantitative estimate of drug-likeness (QED) is 0.623. The molecule has 3 heteroatoms. The van der Waals surface area contributed by atoms with Crippen molar-refractivity contribution < 1.29 is 4.74 Å². The maximum Gasteiger partial charge on any atom is 0.169 e. The van der Waals surface area contributed by atoms with Crippen molar-refractivity contribution in [3.63, 3.8) is 0 Å². The van der Waals surface area contributed by atoms with Gasteiger partial charge in [0.05, 0.1) is 12.1 Å². The summed E-state index contributed by atoms with van der Waals surface area (Å²) in [7, 11) is 0. The van der Waals surface area contributed by atoms with E-state index in [9.17, 15) is 0 Å². The molecule has 21 heavy (non-hydrogen) atoms. The average molecular weight is 278 g/mol. The predicted octanol–water partition coefficient (Wildman–Crippen LogP) is 3.97. The highest BCUT2D eigenvalue weighted by Crippen LogP contribution is 2.07. The molecule has 1 aromatic heterocycles. The molecule has 0 unspecified atom stereocenters. The summed E-state index contributed by atoms with van der Waals surface area (Å²) in [4.78, 5) is 7.92. The minimum Gasteiger partial charge on any atom is -0.482 e. The van der Waals surface area contributed by atoms with E-state index in [0.717, 1.165) is 18.7 Å². The van der Waals surface area contributed by atoms with Gasteiger partial charge in [-0.05, 0) is 12.1 Å². The van der Waals surface area contributed by atoms with E-state index in [2.05, 4.69) is 26.8 Å². The summed E-state index contributed by atoms with van der Waals surface area (Å²) in [6.45, 7) is 1.62. The largest absolute Gasteiger partial charge is 0.482 e. The zero-order chi connectivity index (χ0) is 14.6. The van der Waals surface area contributed by atoms with Crippen molar-refractivity contribution in [1.82, 2.24) is 4.98 Å². The number of para-hydroxylation sites is 1. The number of hydrogen-bond donors (Lipinski definition) is 0. The van der Waals surface area contributed by atoms with Crippen molar-refractivity contribution >= 4 is 17.3 Å². The van der Waals surface area contributed by atoms with Gasteiger partial charge in [0.2, 0.25) is 0 Å². The van der Waals surface area contributed by atoms with Gasteiger partial charge in [0.1, 0.15) is 6.61 Å². The number of rotatable bonds is 0. The van der Waals surface area contributed by atoms with Crippen LogP contribution in [0.2, 0.25) is 0 Å². The maximum atomic E-state index is 4.65. The molecule has 0 radical (unpaired) electrons. The lowest BCUT2D eigenvalue weighted by Crippen LogP contribution is -1.80. The fourth-order valence-corrected chi connectivity index (χ4v) is 1.66. The molecule has 0 atom stereocenters. The third-order valence-electron chi connectivity index (χ3n) is 2.67. The number of ether oxygens (including phenoxy) is 1. The number of pyridine rings is 1. The Hall–Kier alpha value is -2.68. The molecule has 0 fully saturated rings. The Morgan fingerprint density at radius 1 is 0.762 bits per heavy atom. The number of benzene rings is 2. The first kappa shape index (κ1) is 14.7. The lowest BCUT2D eigenvalue weighted by molar-refractivity contribution is 0.361. The third kappa shape index (κ3) is 5.87. The molecule has 0 saturated heterocycles. The van der Waals surface area contributed by atoms with Crippen molar-refractivity contribution in [1.29, 1.82) is 0 Å². The Labute approximate surface area is 124 Å². The van der Waals surface area contributed by atoms with Crippen molar-refractivity contribution in [2.75, 3.05) is 13.2 Å². The van der Waals surface area contributed by atoms with Crippen LogP contribution in [0, 0.1) is 0 Å². The average Bonchev–Trinajstić information content (AvgIpc) is 3.17. The summed E-state index contributed by atoms with van der Waals surface area (Å²) in [5, 5.41) is 1.20. The minimum atomic E-state index is 0.778. The summed E-state index contributed by atoms with van der Waals surface area (Å²) in [5.41, 5.74) is 1.06. The van der Waals surface area contributed by atoms with E-state index in [0.29, 0.717) is 0 Å². The Morgan fingerprint density at radius 2 is 1.43 bits per heavy atom. The van der Waals surface area contributed by atoms with Gasteiger partial charge in [-0.25, -0.2) is 0 Å². The van der Waals surface area contributed by atoms with Crippen molar-refractivity contribution in [2.24, 2.45) is 4.99 Å². The minimum absolute atomic E-state index is 0.778. The maximum absolute atomic E-state index is 4.65. The van der Waals surface area contributed by atoms with Gasteiger partial charge in [-0.2, -0.15) is 0 Å². The summed E-state index contributed by atoms with van der Waals surface area (Å²) >= 11 is 0. The van der Waals surface area contributed by atoms with Crippen LogP contribution in [0.15, 0.2) is 84.0 Å². The van der Waals surface area contributed by atoms with E-state index in [1.165, 1.54) is 11.8 Å². The van der Waals surface area contributed by atoms with Gasteiger partial charge in [0, 0.05) is 11.6 Å². The van der Waals surface area contributed by atoms with Crippen LogP contribution in [-0.2, 0) is 4.74 Å². The molecule has 2 aromatic carbocycles. The Morgan fingerprint density at radius 3 is 1.95 bits per heavy atom. The molecule has 2 heterocycles. The molecule has 0 bridgehead atoms. The van der Waals surface area contributed by atoms with Crippen LogP contribution in [0.4, 0.5) is 0 Å². The van der Waals surface area contributed by atoms with E-state index in [1.54, 1.807) is 0 Å². The lowest BCUT2D eigenvalue weighted by atomic mass is 10.2. The zero-order valence-electron chi connectivity index (χ0n) is 11.8. The van der Waals surface area contributed by atoms with Crippen LogP contribution in [0.1, 0.15) is 0 Å². The summed E-state index contributed by atoms with van der Waals surface area (Å²) in [6, 6.07) is 24.1. The highest BCUT2D eigenvalue weighted by molar-refractivity contribution is 5.77. The van der Waals surface area contributed by atoms with Crippen molar-refractivity contribution in [3.05, 3.63) is 79.0 Å². The number of fused-ring (bicyclic) bond motifs is 1. The number of nitrogens with zero attached hydrogens (tertiary/aromatic N) is 2. The molecule has 3 nitrogen and oxygen atoms in total. The molecule has 0 aliphatic carbocycles. The molecule has 1 aliphatic rings. The summed E-state index contributed by atoms with van der Waals surface area (Å²) < 4.78 is 4.65. The molecule has 0 saturated carbocycles. The van der Waals surface area contributed by atoms with Crippen LogP contribution in [-0.4, -0.2) is 24.5 Å². The third-order valence-corrected chi connectivity index (χ3v) is 2.67. The molecule has 1 aliphatic heterocycles. The van der Waals surface area contributed by atoms with Gasteiger partial charge in [-0.15, -0.1) is 0 Å². The van der Waals surface area contributed by atoms with Gasteiger partial charge >= 0.3 is 0 Å². The fourth-order valence-electron chi connectivity index (χ4n) is 1.66. The standard InChI is InChI=1S/C9H7N.C6H6.C3H5NO/c1-2-6-9-8(4-1)5-3-7-10-9;1-2-4-6-5-3-1;1-2-5-3-4-1/h1-7H;1-6H;3H,1-2H2. The van der Waals surface area contributed by atoms with Gasteiger partial charge in [-0.1, -0.05) is 60.7 Å². The molecule has 106 valence electrons. The normalized spacial score (nSPS) is 11.6. The van der Waals surface area contributed by atoms with Crippen LogP contribution in [0.25, 0.3) is 10.9 Å². The van der Waals surface area contributed by atoms with Gasteiger partial charge < -0.3 is 4.74 Å². The monoisotopic (exact) mass is 278 g/mol. The fraction of sp³-hybridized carbons (Fsp3) is 0.111. The zero-order valence-corrected chi connectivity index (χ0v) is 11.8. The summed E-state index contributed by atoms with van der Waals surface area (Å²) in [6.07, 6.45) is 3.29. The second-order valence-corrected chi connectivity index (χ2v) is 4.23. The van der Waals surface area contributed by atoms with E-state index in [-0.39, 0.29) is 0 Å². The SMILES string of the molecule is C1=NCCO1.c1ccc2ncccc2c1.c1ccccc1. The number of aromatic nitrogens is 1. The van der Waals surface area contributed by atoms with Gasteiger partial charge in [0.15, 0.2) is 6.40 Å². The van der Waals surface area contributed by atoms with Crippen LogP contribution < -0.4 is 0 Å². The first-order valence-corrected chi connectivity index (χ1v) is 6.86. The molecular formula is C18H18N2O.